The number of Topliss-reactive ketones (excluding diaryl/α,β-unsaturated/α-hetero) is 1. The second-order valence-corrected chi connectivity index (χ2v) is 15.2. The van der Waals surface area contributed by atoms with Crippen molar-refractivity contribution >= 4 is 18.0 Å². The normalized spacial score (nSPS) is 50.0. The number of allylic oxidation sites excluding steroid dienone is 2. The van der Waals surface area contributed by atoms with E-state index in [0.717, 1.165) is 57.7 Å². The Morgan fingerprint density at radius 1 is 0.943 bits per heavy atom. The average molecular weight is 483 g/mol. The molecule has 8 atom stereocenters. The highest BCUT2D eigenvalue weighted by Crippen LogP contribution is 2.75. The average Bonchev–Trinajstić information content (AvgIpc) is 2.76. The van der Waals surface area contributed by atoms with Crippen LogP contribution in [0, 0.1) is 56.2 Å². The van der Waals surface area contributed by atoms with Crippen molar-refractivity contribution in [2.24, 2.45) is 56.2 Å². The number of carboxylic acids is 1. The Labute approximate surface area is 211 Å². The Morgan fingerprint density at radius 3 is 2.23 bits per heavy atom. The van der Waals surface area contributed by atoms with Gasteiger partial charge in [-0.05, 0) is 97.2 Å². The summed E-state index contributed by atoms with van der Waals surface area (Å²) in [7, 11) is 0. The molecule has 0 amide bonds. The Bertz CT molecular complexity index is 1010. The van der Waals surface area contributed by atoms with Crippen molar-refractivity contribution in [2.45, 2.75) is 106 Å². The Hall–Kier alpha value is -1.45. The zero-order valence-corrected chi connectivity index (χ0v) is 23.0. The van der Waals surface area contributed by atoms with Crippen molar-refractivity contribution in [1.82, 2.24) is 0 Å². The highest BCUT2D eigenvalue weighted by Gasteiger charge is 2.70. The third-order valence-electron chi connectivity index (χ3n) is 13.0. The topological polar surface area (TPSA) is 71.4 Å². The molecule has 0 heterocycles. The molecule has 0 aliphatic heterocycles. The number of hydrogen-bond acceptors (Lipinski definition) is 3. The van der Waals surface area contributed by atoms with E-state index in [0.29, 0.717) is 12.3 Å². The molecule has 1 N–H and O–H groups in total. The number of ketones is 1. The van der Waals surface area contributed by atoms with Crippen LogP contribution in [-0.4, -0.2) is 23.1 Å². The minimum atomic E-state index is -0.618. The first kappa shape index (κ1) is 25.2. The summed E-state index contributed by atoms with van der Waals surface area (Å²) in [6.45, 7) is 16.1. The van der Waals surface area contributed by atoms with Gasteiger partial charge >= 0.3 is 5.97 Å². The minimum Gasteiger partial charge on any atom is -0.481 e. The lowest BCUT2D eigenvalue weighted by atomic mass is 9.33. The van der Waals surface area contributed by atoms with Gasteiger partial charge in [-0.25, -0.2) is 0 Å². The largest absolute Gasteiger partial charge is 0.481 e. The van der Waals surface area contributed by atoms with E-state index in [1.165, 1.54) is 5.57 Å². The number of aldehydes is 1. The van der Waals surface area contributed by atoms with E-state index >= 15 is 0 Å². The summed E-state index contributed by atoms with van der Waals surface area (Å²) in [6, 6.07) is 0. The van der Waals surface area contributed by atoms with Crippen LogP contribution in [0.15, 0.2) is 11.6 Å². The van der Waals surface area contributed by atoms with E-state index < -0.39 is 22.7 Å². The summed E-state index contributed by atoms with van der Waals surface area (Å²) in [6.07, 6.45) is 11.5. The molecule has 0 spiro atoms. The molecule has 0 radical (unpaired) electrons. The van der Waals surface area contributed by atoms with Crippen molar-refractivity contribution in [3.8, 4) is 0 Å². The lowest BCUT2D eigenvalue weighted by Crippen LogP contribution is -2.65. The highest BCUT2D eigenvalue weighted by molar-refractivity contribution is 5.98. The molecule has 0 saturated heterocycles. The third kappa shape index (κ3) is 3.00. The second-order valence-electron chi connectivity index (χ2n) is 15.2. The van der Waals surface area contributed by atoms with Crippen molar-refractivity contribution < 1.29 is 19.5 Å². The van der Waals surface area contributed by atoms with Crippen LogP contribution in [0.4, 0.5) is 0 Å². The maximum Gasteiger partial charge on any atom is 0.310 e. The van der Waals surface area contributed by atoms with E-state index in [2.05, 4.69) is 54.5 Å². The molecule has 194 valence electrons. The SMILES string of the molecule is CC1(C)CC[C@]2(C(=O)O)CC[C@]3(C)C(=CCC4[C@@]5(C)CC(C=O)C(=O)C(C)(C)[C@@H]5CC[C@]43C)C2C1. The van der Waals surface area contributed by atoms with Crippen LogP contribution in [0.2, 0.25) is 0 Å². The summed E-state index contributed by atoms with van der Waals surface area (Å²) < 4.78 is 0. The zero-order valence-electron chi connectivity index (χ0n) is 23.0. The van der Waals surface area contributed by atoms with Gasteiger partial charge in [-0.2, -0.15) is 0 Å². The maximum atomic E-state index is 13.2. The first-order chi connectivity index (χ1) is 16.1. The Kier molecular flexibility index (Phi) is 5.27. The van der Waals surface area contributed by atoms with Crippen LogP contribution in [0.1, 0.15) is 106 Å². The number of rotatable bonds is 2. The molecule has 4 saturated carbocycles. The fourth-order valence-corrected chi connectivity index (χ4v) is 10.8. The molecule has 4 heteroatoms. The fraction of sp³-hybridized carbons (Fsp3) is 0.839. The summed E-state index contributed by atoms with van der Waals surface area (Å²) in [4.78, 5) is 38.0. The smallest absolute Gasteiger partial charge is 0.310 e. The summed E-state index contributed by atoms with van der Waals surface area (Å²) in [5, 5.41) is 10.5. The quantitative estimate of drug-likeness (QED) is 0.265. The van der Waals surface area contributed by atoms with Crippen LogP contribution in [-0.2, 0) is 14.4 Å². The number of carboxylic acid groups (broad SMARTS) is 1. The molecule has 35 heavy (non-hydrogen) atoms. The molecular formula is C31H46O4. The number of fused-ring (bicyclic) bond motifs is 7. The summed E-state index contributed by atoms with van der Waals surface area (Å²) in [5.74, 6) is -0.179. The third-order valence-corrected chi connectivity index (χ3v) is 13.0. The van der Waals surface area contributed by atoms with E-state index in [9.17, 15) is 19.5 Å². The molecule has 5 aliphatic carbocycles. The first-order valence-corrected chi connectivity index (χ1v) is 14.0. The number of carbonyl (C=O) groups is 3. The number of carbonyl (C=O) groups excluding carboxylic acids is 2. The van der Waals surface area contributed by atoms with E-state index in [1.807, 2.05) is 0 Å². The van der Waals surface area contributed by atoms with Gasteiger partial charge in [-0.1, -0.05) is 60.1 Å². The van der Waals surface area contributed by atoms with E-state index in [1.54, 1.807) is 0 Å². The van der Waals surface area contributed by atoms with Gasteiger partial charge in [0.1, 0.15) is 12.1 Å². The molecule has 0 aromatic heterocycles. The van der Waals surface area contributed by atoms with Crippen LogP contribution < -0.4 is 0 Å². The summed E-state index contributed by atoms with van der Waals surface area (Å²) >= 11 is 0. The van der Waals surface area contributed by atoms with E-state index in [4.69, 9.17) is 0 Å². The molecule has 3 unspecified atom stereocenters. The predicted molar refractivity (Wildman–Crippen MR) is 137 cm³/mol. The molecule has 5 aliphatic rings. The molecule has 5 rings (SSSR count). The van der Waals surface area contributed by atoms with Gasteiger partial charge < -0.3 is 9.90 Å². The summed E-state index contributed by atoms with van der Waals surface area (Å²) in [5.41, 5.74) is 0.416. The fourth-order valence-electron chi connectivity index (χ4n) is 10.8. The second kappa shape index (κ2) is 7.32. The number of hydrogen-bond donors (Lipinski definition) is 1. The van der Waals surface area contributed by atoms with E-state index in [-0.39, 0.29) is 39.3 Å². The molecular weight excluding hydrogens is 436 g/mol. The Balaban J connectivity index is 1.62. The maximum absolute atomic E-state index is 13.2. The van der Waals surface area contributed by atoms with Crippen molar-refractivity contribution in [2.75, 3.05) is 0 Å². The van der Waals surface area contributed by atoms with Gasteiger partial charge in [0.2, 0.25) is 0 Å². The van der Waals surface area contributed by atoms with Crippen molar-refractivity contribution in [3.63, 3.8) is 0 Å². The molecule has 0 bridgehead atoms. The van der Waals surface area contributed by atoms with Crippen molar-refractivity contribution in [1.29, 1.82) is 0 Å². The monoisotopic (exact) mass is 482 g/mol. The molecule has 4 nitrogen and oxygen atoms in total. The van der Waals surface area contributed by atoms with Crippen LogP contribution in [0.25, 0.3) is 0 Å². The van der Waals surface area contributed by atoms with Gasteiger partial charge in [0, 0.05) is 5.41 Å². The zero-order chi connectivity index (χ0) is 25.8. The van der Waals surface area contributed by atoms with Crippen LogP contribution in [0.5, 0.6) is 0 Å². The highest BCUT2D eigenvalue weighted by atomic mass is 16.4. The standard InChI is InChI=1S/C31H46O4/c1-26(2)12-14-31(25(34)35)15-13-29(6)20(21(31)17-26)8-9-23-28(5)16-19(18-32)24(33)27(3,4)22(28)10-11-30(23,29)7/h8,18-19,21-23H,9-17H2,1-7H3,(H,34,35)/t19?,21?,22-,23?,28-,29+,30+,31-/m0/s1. The van der Waals surface area contributed by atoms with Gasteiger partial charge in [0.05, 0.1) is 11.3 Å². The lowest BCUT2D eigenvalue weighted by molar-refractivity contribution is -0.194. The molecule has 0 aromatic carbocycles. The Morgan fingerprint density at radius 2 is 1.60 bits per heavy atom. The van der Waals surface area contributed by atoms with Gasteiger partial charge in [-0.15, -0.1) is 0 Å². The van der Waals surface area contributed by atoms with Gasteiger partial charge in [0.25, 0.3) is 0 Å². The molecule has 4 fully saturated rings. The van der Waals surface area contributed by atoms with Gasteiger partial charge in [0.15, 0.2) is 0 Å². The van der Waals surface area contributed by atoms with Gasteiger partial charge in [-0.3, -0.25) is 9.59 Å². The van der Waals surface area contributed by atoms with Crippen LogP contribution in [0.3, 0.4) is 0 Å². The lowest BCUT2D eigenvalue weighted by Gasteiger charge is -2.70. The van der Waals surface area contributed by atoms with Crippen LogP contribution >= 0.6 is 0 Å². The van der Waals surface area contributed by atoms with Crippen molar-refractivity contribution in [3.05, 3.63) is 11.6 Å². The minimum absolute atomic E-state index is 0.0385. The number of aliphatic carboxylic acids is 1. The predicted octanol–water partition coefficient (Wildman–Crippen LogP) is 6.87. The first-order valence-electron chi connectivity index (χ1n) is 14.0. The molecule has 0 aromatic rings.